The molecule has 202 valence electrons. The van der Waals surface area contributed by atoms with Crippen LogP contribution in [0.5, 0.6) is 17.2 Å². The number of aromatic hydroxyl groups is 1. The van der Waals surface area contributed by atoms with Crippen molar-refractivity contribution in [3.8, 4) is 28.4 Å². The number of phenols is 1. The van der Waals surface area contributed by atoms with Crippen LogP contribution in [0.4, 0.5) is 5.69 Å². The Balaban J connectivity index is 1.54. The third kappa shape index (κ3) is 3.29. The van der Waals surface area contributed by atoms with Crippen LogP contribution in [-0.2, 0) is 16.0 Å². The van der Waals surface area contributed by atoms with Crippen LogP contribution in [0.3, 0.4) is 0 Å². The number of phenolic OH excluding ortho intramolecular Hbond substituents is 1. The van der Waals surface area contributed by atoms with Crippen molar-refractivity contribution in [2.75, 3.05) is 25.8 Å². The molecule has 1 heterocycles. The molecular formula is C28H26N2O9. The molecule has 4 aliphatic rings. The highest BCUT2D eigenvalue weighted by Gasteiger charge is 2.59. The van der Waals surface area contributed by atoms with Crippen LogP contribution in [-0.4, -0.2) is 64.4 Å². The minimum absolute atomic E-state index is 0.0505. The average Bonchev–Trinajstić information content (AvgIpc) is 3.34. The van der Waals surface area contributed by atoms with Gasteiger partial charge in [0.1, 0.15) is 22.8 Å². The lowest BCUT2D eigenvalue weighted by Gasteiger charge is -2.46. The zero-order valence-electron chi connectivity index (χ0n) is 21.1. The number of ether oxygens (including phenoxy) is 2. The molecule has 1 aliphatic heterocycles. The first-order valence-electron chi connectivity index (χ1n) is 12.4. The van der Waals surface area contributed by atoms with Crippen LogP contribution in [0.25, 0.3) is 11.1 Å². The fourth-order valence-corrected chi connectivity index (χ4v) is 6.35. The summed E-state index contributed by atoms with van der Waals surface area (Å²) >= 11 is 0. The zero-order chi connectivity index (χ0) is 28.0. The maximum Gasteiger partial charge on any atom is 0.255 e. The number of nitrogens with zero attached hydrogens (tertiary/aromatic N) is 1. The van der Waals surface area contributed by atoms with Crippen LogP contribution in [0, 0.1) is 11.8 Å². The quantitative estimate of drug-likeness (QED) is 0.366. The lowest BCUT2D eigenvalue weighted by Crippen LogP contribution is -2.57. The number of carbonyl (C=O) groups is 3. The summed E-state index contributed by atoms with van der Waals surface area (Å²) in [6, 6.07) is 6.88. The van der Waals surface area contributed by atoms with Gasteiger partial charge >= 0.3 is 0 Å². The number of carbonyl (C=O) groups excluding carboxylic acids is 3. The number of ketones is 2. The van der Waals surface area contributed by atoms with Gasteiger partial charge in [0.05, 0.1) is 5.56 Å². The molecule has 11 heteroatoms. The number of aliphatic hydroxyl groups is 3. The first kappa shape index (κ1) is 24.8. The molecule has 0 saturated heterocycles. The molecule has 0 fully saturated rings. The van der Waals surface area contributed by atoms with Gasteiger partial charge in [-0.1, -0.05) is 6.07 Å². The molecule has 3 aliphatic carbocycles. The highest BCUT2D eigenvalue weighted by Crippen LogP contribution is 2.53. The number of rotatable bonds is 3. The van der Waals surface area contributed by atoms with Gasteiger partial charge in [-0.15, -0.1) is 0 Å². The maximum atomic E-state index is 14.0. The van der Waals surface area contributed by atoms with E-state index >= 15 is 0 Å². The number of allylic oxidation sites excluding steroid dienone is 2. The number of nitrogens with two attached hydrogens (primary N) is 1. The predicted molar refractivity (Wildman–Crippen MR) is 137 cm³/mol. The summed E-state index contributed by atoms with van der Waals surface area (Å²) in [7, 11) is 3.61. The largest absolute Gasteiger partial charge is 0.511 e. The lowest BCUT2D eigenvalue weighted by molar-refractivity contribution is -0.144. The number of Topliss-reactive ketones (excluding diaryl/α,β-unsaturated/α-hetero) is 2. The van der Waals surface area contributed by atoms with E-state index in [4.69, 9.17) is 15.2 Å². The molecule has 0 bridgehead atoms. The third-order valence-electron chi connectivity index (χ3n) is 8.20. The minimum Gasteiger partial charge on any atom is -0.511 e. The molecule has 1 amide bonds. The van der Waals surface area contributed by atoms with Gasteiger partial charge in [-0.25, -0.2) is 0 Å². The van der Waals surface area contributed by atoms with E-state index in [1.165, 1.54) is 0 Å². The molecule has 2 aromatic carbocycles. The van der Waals surface area contributed by atoms with Crippen molar-refractivity contribution < 1.29 is 44.3 Å². The normalized spacial score (nSPS) is 25.3. The SMILES string of the molecule is CN(C)c1cc(-c2ccc3c(c2)OCO3)c(O)c2c1C[C@H]1CC3CC(O)=C(C(N)=O)C(=O)[C@@]3(O)C(O)=C1C2=O. The molecule has 39 heavy (non-hydrogen) atoms. The maximum absolute atomic E-state index is 14.0. The fourth-order valence-electron chi connectivity index (χ4n) is 6.35. The van der Waals surface area contributed by atoms with Gasteiger partial charge in [0.25, 0.3) is 5.91 Å². The second kappa shape index (κ2) is 8.24. The van der Waals surface area contributed by atoms with Crippen LogP contribution in [0.2, 0.25) is 0 Å². The molecule has 0 spiro atoms. The van der Waals surface area contributed by atoms with Crippen molar-refractivity contribution in [2.45, 2.75) is 24.9 Å². The van der Waals surface area contributed by atoms with Gasteiger partial charge in [0.15, 0.2) is 22.9 Å². The van der Waals surface area contributed by atoms with Crippen molar-refractivity contribution in [3.63, 3.8) is 0 Å². The number of hydrogen-bond donors (Lipinski definition) is 5. The summed E-state index contributed by atoms with van der Waals surface area (Å²) < 4.78 is 10.8. The zero-order valence-corrected chi connectivity index (χ0v) is 21.1. The first-order valence-corrected chi connectivity index (χ1v) is 12.4. The number of primary amides is 1. The predicted octanol–water partition coefficient (Wildman–Crippen LogP) is 2.04. The lowest BCUT2D eigenvalue weighted by atomic mass is 9.60. The minimum atomic E-state index is -2.61. The first-order chi connectivity index (χ1) is 18.4. The molecule has 1 unspecified atom stereocenters. The van der Waals surface area contributed by atoms with Crippen LogP contribution < -0.4 is 20.1 Å². The Morgan fingerprint density at radius 3 is 2.49 bits per heavy atom. The van der Waals surface area contributed by atoms with Gasteiger partial charge in [-0.3, -0.25) is 14.4 Å². The molecule has 2 aromatic rings. The number of benzene rings is 2. The second-order valence-corrected chi connectivity index (χ2v) is 10.5. The highest BCUT2D eigenvalue weighted by molar-refractivity contribution is 6.24. The Kier molecular flexibility index (Phi) is 5.24. The fraction of sp³-hybridized carbons (Fsp3) is 0.321. The number of anilines is 1. The number of aliphatic hydroxyl groups excluding tert-OH is 2. The second-order valence-electron chi connectivity index (χ2n) is 10.5. The number of amides is 1. The Morgan fingerprint density at radius 1 is 1.08 bits per heavy atom. The molecule has 0 radical (unpaired) electrons. The van der Waals surface area contributed by atoms with Gasteiger partial charge < -0.3 is 40.5 Å². The molecule has 0 aromatic heterocycles. The van der Waals surface area contributed by atoms with Crippen LogP contribution >= 0.6 is 0 Å². The van der Waals surface area contributed by atoms with Gasteiger partial charge in [0, 0.05) is 43.3 Å². The Labute approximate surface area is 222 Å². The van der Waals surface area contributed by atoms with E-state index in [2.05, 4.69) is 0 Å². The van der Waals surface area contributed by atoms with E-state index in [0.29, 0.717) is 33.9 Å². The smallest absolute Gasteiger partial charge is 0.255 e. The van der Waals surface area contributed by atoms with E-state index in [0.717, 1.165) is 0 Å². The summed E-state index contributed by atoms with van der Waals surface area (Å²) in [5, 5.41) is 44.5. The van der Waals surface area contributed by atoms with Crippen molar-refractivity contribution in [1.29, 1.82) is 0 Å². The van der Waals surface area contributed by atoms with Crippen molar-refractivity contribution >= 4 is 23.2 Å². The topological polar surface area (TPSA) is 180 Å². The third-order valence-corrected chi connectivity index (χ3v) is 8.20. The standard InChI is InChI=1S/C28H26N2O9/c1-30(2)16-9-14(11-3-4-18-19(7-11)39-10-38-18)23(32)21-15(16)6-12-5-13-8-17(31)22(27(29)36)26(35)28(13,37)25(34)20(12)24(21)33/h3-4,7,9,12-13,31-32,34,37H,5-6,8,10H2,1-2H3,(H2,29,36)/t12-,13?,28+/m1/s1. The van der Waals surface area contributed by atoms with Crippen molar-refractivity contribution in [2.24, 2.45) is 17.6 Å². The number of fused-ring (bicyclic) bond motifs is 4. The van der Waals surface area contributed by atoms with Crippen LogP contribution in [0.15, 0.2) is 46.9 Å². The van der Waals surface area contributed by atoms with E-state index in [-0.39, 0.29) is 42.9 Å². The van der Waals surface area contributed by atoms with Gasteiger partial charge in [-0.05, 0) is 48.1 Å². The Bertz CT molecular complexity index is 1570. The molecule has 3 atom stereocenters. The van der Waals surface area contributed by atoms with Crippen LogP contribution in [0.1, 0.15) is 28.8 Å². The summed E-state index contributed by atoms with van der Waals surface area (Å²) in [4.78, 5) is 40.8. The Hall–Kier alpha value is -4.51. The molecular weight excluding hydrogens is 508 g/mol. The average molecular weight is 535 g/mol. The van der Waals surface area contributed by atoms with Gasteiger partial charge in [-0.2, -0.15) is 0 Å². The number of hydrogen-bond acceptors (Lipinski definition) is 10. The summed E-state index contributed by atoms with van der Waals surface area (Å²) in [6.45, 7) is 0.0677. The van der Waals surface area contributed by atoms with Gasteiger partial charge in [0.2, 0.25) is 12.6 Å². The Morgan fingerprint density at radius 2 is 1.79 bits per heavy atom. The van der Waals surface area contributed by atoms with E-state index in [9.17, 15) is 34.8 Å². The molecule has 0 saturated carbocycles. The summed E-state index contributed by atoms with van der Waals surface area (Å²) in [5.74, 6) is -5.55. The highest BCUT2D eigenvalue weighted by atomic mass is 16.7. The van der Waals surface area contributed by atoms with E-state index in [1.54, 1.807) is 38.4 Å². The van der Waals surface area contributed by atoms with E-state index < -0.39 is 52.0 Å². The molecule has 11 nitrogen and oxygen atoms in total. The van der Waals surface area contributed by atoms with Crippen molar-refractivity contribution in [3.05, 3.63) is 58.1 Å². The molecule has 6 rings (SSSR count). The summed E-state index contributed by atoms with van der Waals surface area (Å²) in [6.07, 6.45) is 0.0155. The monoisotopic (exact) mass is 534 g/mol. The summed E-state index contributed by atoms with van der Waals surface area (Å²) in [5.41, 5.74) is 3.72. The molecule has 6 N–H and O–H groups in total. The van der Waals surface area contributed by atoms with E-state index in [1.807, 2.05) is 4.90 Å². The van der Waals surface area contributed by atoms with Crippen molar-refractivity contribution in [1.82, 2.24) is 0 Å².